The first-order valence-electron chi connectivity index (χ1n) is 9.22. The van der Waals surface area contributed by atoms with Crippen molar-refractivity contribution in [1.82, 2.24) is 0 Å². The lowest BCUT2D eigenvalue weighted by Gasteiger charge is -2.10. The van der Waals surface area contributed by atoms with Crippen LogP contribution in [0.25, 0.3) is 0 Å². The summed E-state index contributed by atoms with van der Waals surface area (Å²) in [5, 5.41) is 2.77. The number of nitrogens with one attached hydrogen (secondary N) is 2. The van der Waals surface area contributed by atoms with E-state index in [9.17, 15) is 13.2 Å². The summed E-state index contributed by atoms with van der Waals surface area (Å²) in [4.78, 5) is 12.5. The molecule has 3 aromatic carbocycles. The maximum absolute atomic E-state index is 12.5. The Morgan fingerprint density at radius 3 is 2.23 bits per heavy atom. The molecule has 3 aromatic rings. The summed E-state index contributed by atoms with van der Waals surface area (Å²) in [6.07, 6.45) is 0. The molecule has 1 amide bonds. The third kappa shape index (κ3) is 5.30. The van der Waals surface area contributed by atoms with Crippen LogP contribution in [0.1, 0.15) is 17.3 Å². The third-order valence-corrected chi connectivity index (χ3v) is 5.57. The minimum Gasteiger partial charge on any atom is -0.497 e. The zero-order valence-electron chi connectivity index (χ0n) is 16.6. The highest BCUT2D eigenvalue weighted by atomic mass is 32.2. The average molecular weight is 426 g/mol. The molecular weight excluding hydrogens is 404 g/mol. The van der Waals surface area contributed by atoms with E-state index >= 15 is 0 Å². The first-order chi connectivity index (χ1) is 14.4. The number of benzene rings is 3. The van der Waals surface area contributed by atoms with E-state index in [0.717, 1.165) is 0 Å². The van der Waals surface area contributed by atoms with Gasteiger partial charge in [0.1, 0.15) is 11.5 Å². The molecule has 0 aromatic heterocycles. The minimum absolute atomic E-state index is 0.116. The molecule has 30 heavy (non-hydrogen) atoms. The second-order valence-corrected chi connectivity index (χ2v) is 7.96. The van der Waals surface area contributed by atoms with Crippen molar-refractivity contribution < 1.29 is 22.7 Å². The summed E-state index contributed by atoms with van der Waals surface area (Å²) in [6.45, 7) is 2.36. The second-order valence-electron chi connectivity index (χ2n) is 6.27. The molecule has 0 saturated heterocycles. The van der Waals surface area contributed by atoms with Crippen LogP contribution >= 0.6 is 0 Å². The number of rotatable bonds is 8. The normalized spacial score (nSPS) is 10.9. The van der Waals surface area contributed by atoms with E-state index in [1.807, 2.05) is 6.92 Å². The molecule has 0 aliphatic rings. The fraction of sp³-hybridized carbons (Fsp3) is 0.136. The van der Waals surface area contributed by atoms with E-state index < -0.39 is 10.0 Å². The van der Waals surface area contributed by atoms with E-state index in [1.165, 1.54) is 24.3 Å². The molecule has 0 unspecified atom stereocenters. The molecule has 0 bridgehead atoms. The zero-order chi connectivity index (χ0) is 21.6. The number of sulfonamides is 1. The molecule has 0 aliphatic carbocycles. The fourth-order valence-corrected chi connectivity index (χ4v) is 3.75. The van der Waals surface area contributed by atoms with Gasteiger partial charge >= 0.3 is 0 Å². The van der Waals surface area contributed by atoms with Crippen LogP contribution < -0.4 is 19.5 Å². The Morgan fingerprint density at radius 2 is 1.60 bits per heavy atom. The fourth-order valence-electron chi connectivity index (χ4n) is 2.69. The summed E-state index contributed by atoms with van der Waals surface area (Å²) >= 11 is 0. The molecule has 0 aliphatic heterocycles. The molecule has 0 heterocycles. The molecular formula is C22H22N2O5S. The minimum atomic E-state index is -3.75. The van der Waals surface area contributed by atoms with Gasteiger partial charge in [0.15, 0.2) is 0 Å². The van der Waals surface area contributed by atoms with Gasteiger partial charge in [-0.05, 0) is 67.6 Å². The Kier molecular flexibility index (Phi) is 6.58. The van der Waals surface area contributed by atoms with Crippen molar-refractivity contribution in [2.45, 2.75) is 11.8 Å². The number of hydrogen-bond acceptors (Lipinski definition) is 5. The molecule has 2 N–H and O–H groups in total. The van der Waals surface area contributed by atoms with Crippen molar-refractivity contribution in [3.63, 3.8) is 0 Å². The van der Waals surface area contributed by atoms with Gasteiger partial charge in [-0.25, -0.2) is 8.42 Å². The predicted octanol–water partition coefficient (Wildman–Crippen LogP) is 4.15. The van der Waals surface area contributed by atoms with Crippen molar-refractivity contribution in [3.05, 3.63) is 78.4 Å². The number of carbonyl (C=O) groups excluding carboxylic acids is 1. The zero-order valence-corrected chi connectivity index (χ0v) is 17.4. The standard InChI is InChI=1S/C22H22N2O5S/c1-3-29-19-11-13-21(14-12-19)30(26,27)24-17-9-7-16(8-10-17)22(25)23-18-5-4-6-20(15-18)28-2/h4-15,24H,3H2,1-2H3,(H,23,25). The molecule has 3 rings (SSSR count). The quantitative estimate of drug-likeness (QED) is 0.564. The van der Waals surface area contributed by atoms with Crippen LogP contribution in [0.5, 0.6) is 11.5 Å². The number of methoxy groups -OCH3 is 1. The Hall–Kier alpha value is -3.52. The number of carbonyl (C=O) groups is 1. The molecule has 0 atom stereocenters. The predicted molar refractivity (Wildman–Crippen MR) is 116 cm³/mol. The van der Waals surface area contributed by atoms with Crippen molar-refractivity contribution in [2.24, 2.45) is 0 Å². The van der Waals surface area contributed by atoms with Crippen LogP contribution in [0.3, 0.4) is 0 Å². The van der Waals surface area contributed by atoms with Crippen LogP contribution in [0, 0.1) is 0 Å². The van der Waals surface area contributed by atoms with Crippen LogP contribution in [0.2, 0.25) is 0 Å². The topological polar surface area (TPSA) is 93.7 Å². The molecule has 156 valence electrons. The second kappa shape index (κ2) is 9.32. The molecule has 0 spiro atoms. The van der Waals surface area contributed by atoms with Crippen LogP contribution in [-0.4, -0.2) is 28.0 Å². The number of anilines is 2. The average Bonchev–Trinajstić information content (AvgIpc) is 2.75. The van der Waals surface area contributed by atoms with E-state index in [1.54, 1.807) is 55.6 Å². The highest BCUT2D eigenvalue weighted by molar-refractivity contribution is 7.92. The first kappa shape index (κ1) is 21.2. The summed E-state index contributed by atoms with van der Waals surface area (Å²) in [7, 11) is -2.20. The van der Waals surface area contributed by atoms with Crippen molar-refractivity contribution in [2.75, 3.05) is 23.8 Å². The van der Waals surface area contributed by atoms with E-state index in [0.29, 0.717) is 35.0 Å². The number of ether oxygens (including phenoxy) is 2. The Balaban J connectivity index is 1.67. The Bertz CT molecular complexity index is 1110. The van der Waals surface area contributed by atoms with Crippen LogP contribution in [0.15, 0.2) is 77.7 Å². The maximum atomic E-state index is 12.5. The summed E-state index contributed by atoms with van der Waals surface area (Å²) in [6, 6.07) is 19.3. The van der Waals surface area contributed by atoms with E-state index in [2.05, 4.69) is 10.0 Å². The van der Waals surface area contributed by atoms with Gasteiger partial charge < -0.3 is 14.8 Å². The van der Waals surface area contributed by atoms with Gasteiger partial charge in [-0.1, -0.05) is 6.07 Å². The number of hydrogen-bond donors (Lipinski definition) is 2. The van der Waals surface area contributed by atoms with Crippen LogP contribution in [0.4, 0.5) is 11.4 Å². The van der Waals surface area contributed by atoms with Gasteiger partial charge in [-0.15, -0.1) is 0 Å². The molecule has 0 fully saturated rings. The highest BCUT2D eigenvalue weighted by Gasteiger charge is 2.15. The van der Waals surface area contributed by atoms with Crippen molar-refractivity contribution >= 4 is 27.3 Å². The lowest BCUT2D eigenvalue weighted by Crippen LogP contribution is -2.14. The monoisotopic (exact) mass is 426 g/mol. The third-order valence-electron chi connectivity index (χ3n) is 4.17. The molecule has 0 radical (unpaired) electrons. The molecule has 0 saturated carbocycles. The maximum Gasteiger partial charge on any atom is 0.261 e. The summed E-state index contributed by atoms with van der Waals surface area (Å²) in [5.41, 5.74) is 1.34. The highest BCUT2D eigenvalue weighted by Crippen LogP contribution is 2.21. The Labute approximate surface area is 175 Å². The lowest BCUT2D eigenvalue weighted by atomic mass is 10.2. The Morgan fingerprint density at radius 1 is 0.900 bits per heavy atom. The smallest absolute Gasteiger partial charge is 0.261 e. The van der Waals surface area contributed by atoms with Gasteiger partial charge in [-0.3, -0.25) is 9.52 Å². The lowest BCUT2D eigenvalue weighted by molar-refractivity contribution is 0.102. The van der Waals surface area contributed by atoms with E-state index in [-0.39, 0.29) is 10.8 Å². The SMILES string of the molecule is CCOc1ccc(S(=O)(=O)Nc2ccc(C(=O)Nc3cccc(OC)c3)cc2)cc1. The van der Waals surface area contributed by atoms with Gasteiger partial charge in [-0.2, -0.15) is 0 Å². The van der Waals surface area contributed by atoms with Crippen LogP contribution in [-0.2, 0) is 10.0 Å². The molecule has 8 heteroatoms. The summed E-state index contributed by atoms with van der Waals surface area (Å²) < 4.78 is 38.1. The van der Waals surface area contributed by atoms with E-state index in [4.69, 9.17) is 9.47 Å². The van der Waals surface area contributed by atoms with Gasteiger partial charge in [0.25, 0.3) is 15.9 Å². The van der Waals surface area contributed by atoms with Gasteiger partial charge in [0, 0.05) is 23.0 Å². The van der Waals surface area contributed by atoms with Gasteiger partial charge in [0.2, 0.25) is 0 Å². The first-order valence-corrected chi connectivity index (χ1v) is 10.7. The van der Waals surface area contributed by atoms with Crippen molar-refractivity contribution in [1.29, 1.82) is 0 Å². The number of amides is 1. The molecule has 7 nitrogen and oxygen atoms in total. The van der Waals surface area contributed by atoms with Gasteiger partial charge in [0.05, 0.1) is 18.6 Å². The summed E-state index contributed by atoms with van der Waals surface area (Å²) in [5.74, 6) is 0.916. The van der Waals surface area contributed by atoms with Crippen molar-refractivity contribution in [3.8, 4) is 11.5 Å². The largest absolute Gasteiger partial charge is 0.497 e.